The van der Waals surface area contributed by atoms with Crippen LogP contribution in [0.25, 0.3) is 5.69 Å². The number of nitrogens with one attached hydrogen (secondary N) is 1. The highest BCUT2D eigenvalue weighted by atomic mass is 19.4. The summed E-state index contributed by atoms with van der Waals surface area (Å²) in [6.07, 6.45) is 1.83. The molecule has 4 rings (SSSR count). The SMILES string of the molecule is O=C(O)C(F)(F)F.O=c1c2c(ncn1Cc1ccc(-n3cccn3)cc1)CCNCC2. The first kappa shape index (κ1) is 22.2. The van der Waals surface area contributed by atoms with Crippen LogP contribution in [0.2, 0.25) is 0 Å². The van der Waals surface area contributed by atoms with E-state index in [1.165, 1.54) is 0 Å². The zero-order chi connectivity index (χ0) is 22.4. The van der Waals surface area contributed by atoms with Gasteiger partial charge in [0.15, 0.2) is 0 Å². The van der Waals surface area contributed by atoms with Gasteiger partial charge in [0.2, 0.25) is 0 Å². The number of aromatic nitrogens is 4. The average molecular weight is 435 g/mol. The Balaban J connectivity index is 0.000000339. The first-order valence-corrected chi connectivity index (χ1v) is 9.42. The van der Waals surface area contributed by atoms with E-state index >= 15 is 0 Å². The molecule has 3 heterocycles. The maximum atomic E-state index is 12.7. The molecule has 8 nitrogen and oxygen atoms in total. The molecular formula is C20H20F3N5O3. The number of aliphatic carboxylic acids is 1. The molecule has 2 aromatic heterocycles. The van der Waals surface area contributed by atoms with E-state index in [1.807, 2.05) is 41.2 Å². The minimum atomic E-state index is -5.08. The van der Waals surface area contributed by atoms with Gasteiger partial charge >= 0.3 is 12.1 Å². The van der Waals surface area contributed by atoms with Crippen LogP contribution in [0.3, 0.4) is 0 Å². The molecule has 0 saturated carbocycles. The number of fused-ring (bicyclic) bond motifs is 1. The van der Waals surface area contributed by atoms with Crippen molar-refractivity contribution in [1.29, 1.82) is 0 Å². The minimum Gasteiger partial charge on any atom is -0.475 e. The number of hydrogen-bond donors (Lipinski definition) is 2. The lowest BCUT2D eigenvalue weighted by Crippen LogP contribution is -2.27. The predicted molar refractivity (Wildman–Crippen MR) is 105 cm³/mol. The summed E-state index contributed by atoms with van der Waals surface area (Å²) in [6.45, 7) is 2.26. The number of carboxylic acids is 1. The van der Waals surface area contributed by atoms with Crippen molar-refractivity contribution in [3.05, 3.63) is 76.2 Å². The van der Waals surface area contributed by atoms with Crippen molar-refractivity contribution < 1.29 is 23.1 Å². The third kappa shape index (κ3) is 5.79. The van der Waals surface area contributed by atoms with Crippen molar-refractivity contribution >= 4 is 5.97 Å². The summed E-state index contributed by atoms with van der Waals surface area (Å²) in [5, 5.41) is 14.7. The Morgan fingerprint density at radius 1 is 1.16 bits per heavy atom. The van der Waals surface area contributed by atoms with E-state index < -0.39 is 12.1 Å². The molecule has 0 radical (unpaired) electrons. The number of benzene rings is 1. The number of nitrogens with zero attached hydrogens (tertiary/aromatic N) is 4. The second-order valence-corrected chi connectivity index (χ2v) is 6.77. The quantitative estimate of drug-likeness (QED) is 0.651. The summed E-state index contributed by atoms with van der Waals surface area (Å²) in [5.74, 6) is -2.76. The van der Waals surface area contributed by atoms with Crippen molar-refractivity contribution in [2.75, 3.05) is 13.1 Å². The number of alkyl halides is 3. The second kappa shape index (κ2) is 9.56. The molecule has 1 aromatic carbocycles. The van der Waals surface area contributed by atoms with Crippen LogP contribution in [0.5, 0.6) is 0 Å². The van der Waals surface area contributed by atoms with Crippen LogP contribution in [0.1, 0.15) is 16.8 Å². The summed E-state index contributed by atoms with van der Waals surface area (Å²) in [6, 6.07) is 9.96. The Labute approximate surface area is 175 Å². The van der Waals surface area contributed by atoms with Crippen LogP contribution in [-0.4, -0.2) is 49.7 Å². The molecule has 0 fully saturated rings. The lowest BCUT2D eigenvalue weighted by molar-refractivity contribution is -0.192. The van der Waals surface area contributed by atoms with Gasteiger partial charge in [-0.1, -0.05) is 12.1 Å². The number of carboxylic acid groups (broad SMARTS) is 1. The van der Waals surface area contributed by atoms with E-state index in [0.717, 1.165) is 48.4 Å². The Kier molecular flexibility index (Phi) is 6.85. The molecular weight excluding hydrogens is 415 g/mol. The Morgan fingerprint density at radius 3 is 2.45 bits per heavy atom. The standard InChI is InChI=1S/C18H19N5O.C2HF3O2/c24-18-16-6-9-19-10-7-17(16)20-13-22(18)12-14-2-4-15(5-3-14)23-11-1-8-21-23;3-2(4,5)1(6)7/h1-5,8,11,13,19H,6-7,9-10,12H2;(H,6,7). The van der Waals surface area contributed by atoms with Gasteiger partial charge < -0.3 is 10.4 Å². The monoisotopic (exact) mass is 435 g/mol. The van der Waals surface area contributed by atoms with E-state index in [4.69, 9.17) is 9.90 Å². The fourth-order valence-electron chi connectivity index (χ4n) is 3.06. The van der Waals surface area contributed by atoms with Gasteiger partial charge in [0.1, 0.15) is 0 Å². The van der Waals surface area contributed by atoms with Gasteiger partial charge in [-0.25, -0.2) is 14.5 Å². The van der Waals surface area contributed by atoms with Crippen molar-refractivity contribution in [2.45, 2.75) is 25.6 Å². The number of rotatable bonds is 3. The highest BCUT2D eigenvalue weighted by Crippen LogP contribution is 2.13. The molecule has 0 amide bonds. The van der Waals surface area contributed by atoms with E-state index in [9.17, 15) is 18.0 Å². The second-order valence-electron chi connectivity index (χ2n) is 6.77. The molecule has 0 saturated heterocycles. The summed E-state index contributed by atoms with van der Waals surface area (Å²) in [5.41, 5.74) is 3.95. The van der Waals surface area contributed by atoms with E-state index in [0.29, 0.717) is 6.54 Å². The fourth-order valence-corrected chi connectivity index (χ4v) is 3.06. The van der Waals surface area contributed by atoms with Crippen LogP contribution in [0.4, 0.5) is 13.2 Å². The Hall–Kier alpha value is -3.47. The van der Waals surface area contributed by atoms with Crippen LogP contribution in [-0.2, 0) is 24.2 Å². The summed E-state index contributed by atoms with van der Waals surface area (Å²) >= 11 is 0. The highest BCUT2D eigenvalue weighted by Gasteiger charge is 2.38. The van der Waals surface area contributed by atoms with Gasteiger partial charge in [0.25, 0.3) is 5.56 Å². The molecule has 0 bridgehead atoms. The van der Waals surface area contributed by atoms with Crippen molar-refractivity contribution in [3.8, 4) is 5.69 Å². The third-order valence-electron chi connectivity index (χ3n) is 4.61. The zero-order valence-electron chi connectivity index (χ0n) is 16.3. The van der Waals surface area contributed by atoms with E-state index in [1.54, 1.807) is 17.1 Å². The molecule has 1 aliphatic heterocycles. The van der Waals surface area contributed by atoms with Crippen molar-refractivity contribution in [1.82, 2.24) is 24.6 Å². The maximum absolute atomic E-state index is 12.7. The minimum absolute atomic E-state index is 0.0832. The predicted octanol–water partition coefficient (Wildman–Crippen LogP) is 1.80. The van der Waals surface area contributed by atoms with Gasteiger partial charge in [-0.3, -0.25) is 9.36 Å². The number of halogens is 3. The summed E-state index contributed by atoms with van der Waals surface area (Å²) in [7, 11) is 0. The van der Waals surface area contributed by atoms with Gasteiger partial charge in [-0.15, -0.1) is 0 Å². The van der Waals surface area contributed by atoms with Crippen LogP contribution >= 0.6 is 0 Å². The first-order chi connectivity index (χ1) is 14.8. The molecule has 1 aliphatic rings. The van der Waals surface area contributed by atoms with Gasteiger partial charge in [0, 0.05) is 30.9 Å². The van der Waals surface area contributed by atoms with E-state index in [-0.39, 0.29) is 5.56 Å². The van der Waals surface area contributed by atoms with Gasteiger partial charge in [-0.05, 0) is 36.7 Å². The average Bonchev–Trinajstić information content (AvgIpc) is 3.16. The highest BCUT2D eigenvalue weighted by molar-refractivity contribution is 5.73. The molecule has 11 heteroatoms. The third-order valence-corrected chi connectivity index (χ3v) is 4.61. The van der Waals surface area contributed by atoms with Crippen LogP contribution in [0.15, 0.2) is 53.8 Å². The smallest absolute Gasteiger partial charge is 0.475 e. The van der Waals surface area contributed by atoms with E-state index in [2.05, 4.69) is 15.4 Å². The number of carbonyl (C=O) groups is 1. The normalized spacial score (nSPS) is 13.5. The molecule has 2 N–H and O–H groups in total. The summed E-state index contributed by atoms with van der Waals surface area (Å²) in [4.78, 5) is 26.1. The van der Waals surface area contributed by atoms with Crippen LogP contribution < -0.4 is 10.9 Å². The lowest BCUT2D eigenvalue weighted by Gasteiger charge is -2.10. The van der Waals surface area contributed by atoms with Gasteiger partial charge in [0.05, 0.1) is 24.3 Å². The summed E-state index contributed by atoms with van der Waals surface area (Å²) < 4.78 is 35.2. The van der Waals surface area contributed by atoms with Crippen LogP contribution in [0, 0.1) is 0 Å². The van der Waals surface area contributed by atoms with Crippen molar-refractivity contribution in [3.63, 3.8) is 0 Å². The number of hydrogen-bond acceptors (Lipinski definition) is 5. The molecule has 0 unspecified atom stereocenters. The maximum Gasteiger partial charge on any atom is 0.490 e. The molecule has 0 atom stereocenters. The Bertz CT molecular complexity index is 1080. The first-order valence-electron chi connectivity index (χ1n) is 9.42. The molecule has 0 spiro atoms. The molecule has 31 heavy (non-hydrogen) atoms. The molecule has 0 aliphatic carbocycles. The van der Waals surface area contributed by atoms with Crippen molar-refractivity contribution in [2.24, 2.45) is 0 Å². The van der Waals surface area contributed by atoms with Gasteiger partial charge in [-0.2, -0.15) is 18.3 Å². The molecule has 3 aromatic rings. The lowest BCUT2D eigenvalue weighted by atomic mass is 10.1. The fraction of sp³-hybridized carbons (Fsp3) is 0.300. The Morgan fingerprint density at radius 2 is 1.84 bits per heavy atom. The largest absolute Gasteiger partial charge is 0.490 e. The molecule has 164 valence electrons. The topological polar surface area (TPSA) is 102 Å². The zero-order valence-corrected chi connectivity index (χ0v) is 16.3.